The van der Waals surface area contributed by atoms with E-state index in [0.717, 1.165) is 17.0 Å². The molecule has 3 rings (SSSR count). The fourth-order valence-corrected chi connectivity index (χ4v) is 3.62. The van der Waals surface area contributed by atoms with E-state index in [1.54, 1.807) is 12.1 Å². The maximum atomic E-state index is 11.0. The van der Waals surface area contributed by atoms with Crippen molar-refractivity contribution in [1.82, 2.24) is 9.55 Å². The molecule has 106 valence electrons. The van der Waals surface area contributed by atoms with Gasteiger partial charge < -0.3 is 9.67 Å². The molecule has 3 atom stereocenters. The minimum absolute atomic E-state index is 0.300. The number of fused-ring (bicyclic) bond motifs is 1. The number of hydrogen-bond acceptors (Lipinski definition) is 2. The number of hydrogen-bond donors (Lipinski definition) is 1. The van der Waals surface area contributed by atoms with Crippen molar-refractivity contribution in [2.24, 2.45) is 11.8 Å². The fourth-order valence-electron chi connectivity index (χ4n) is 3.62. The minimum atomic E-state index is -0.901. The second-order valence-corrected chi connectivity index (χ2v) is 5.83. The van der Waals surface area contributed by atoms with Crippen LogP contribution >= 0.6 is 0 Å². The van der Waals surface area contributed by atoms with Crippen LogP contribution in [0.15, 0.2) is 24.5 Å². The van der Waals surface area contributed by atoms with E-state index in [2.05, 4.69) is 23.4 Å². The Hall–Kier alpha value is -1.84. The number of aromatic carboxylic acids is 1. The van der Waals surface area contributed by atoms with E-state index in [9.17, 15) is 4.79 Å². The fraction of sp³-hybridized carbons (Fsp3) is 0.500. The molecule has 1 N–H and O–H groups in total. The summed E-state index contributed by atoms with van der Waals surface area (Å²) in [5.41, 5.74) is 2.12. The van der Waals surface area contributed by atoms with E-state index >= 15 is 0 Å². The molecule has 3 unspecified atom stereocenters. The number of nitrogens with zero attached hydrogens (tertiary/aromatic N) is 2. The Bertz CT molecular complexity index is 647. The second kappa shape index (κ2) is 4.93. The minimum Gasteiger partial charge on any atom is -0.478 e. The quantitative estimate of drug-likeness (QED) is 0.926. The summed E-state index contributed by atoms with van der Waals surface area (Å²) in [7, 11) is 0. The predicted octanol–water partition coefficient (Wildman–Crippen LogP) is 3.73. The van der Waals surface area contributed by atoms with Crippen molar-refractivity contribution >= 4 is 17.0 Å². The molecule has 1 aromatic heterocycles. The number of benzene rings is 1. The first-order chi connectivity index (χ1) is 9.61. The molecular weight excluding hydrogens is 252 g/mol. The lowest BCUT2D eigenvalue weighted by molar-refractivity contribution is 0.0697. The van der Waals surface area contributed by atoms with Gasteiger partial charge in [0.25, 0.3) is 0 Å². The van der Waals surface area contributed by atoms with Crippen LogP contribution in [-0.4, -0.2) is 20.6 Å². The number of aromatic nitrogens is 2. The van der Waals surface area contributed by atoms with Crippen LogP contribution in [0.25, 0.3) is 11.0 Å². The SMILES string of the molecule is CCC1CCC(n2cnc3cc(C(=O)O)ccc32)C1C. The molecule has 4 nitrogen and oxygen atoms in total. The lowest BCUT2D eigenvalue weighted by Crippen LogP contribution is -2.14. The van der Waals surface area contributed by atoms with Crippen LogP contribution in [0.2, 0.25) is 0 Å². The molecule has 4 heteroatoms. The molecule has 20 heavy (non-hydrogen) atoms. The molecule has 0 aliphatic heterocycles. The van der Waals surface area contributed by atoms with Crippen molar-refractivity contribution in [3.05, 3.63) is 30.1 Å². The molecule has 0 saturated heterocycles. The van der Waals surface area contributed by atoms with Gasteiger partial charge in [-0.2, -0.15) is 0 Å². The highest BCUT2D eigenvalue weighted by atomic mass is 16.4. The molecule has 1 aromatic carbocycles. The monoisotopic (exact) mass is 272 g/mol. The van der Waals surface area contributed by atoms with Gasteiger partial charge >= 0.3 is 5.97 Å². The van der Waals surface area contributed by atoms with Gasteiger partial charge in [-0.1, -0.05) is 20.3 Å². The molecule has 2 aromatic rings. The molecule has 1 aliphatic rings. The molecular formula is C16H20N2O2. The van der Waals surface area contributed by atoms with E-state index in [0.29, 0.717) is 17.5 Å². The van der Waals surface area contributed by atoms with E-state index in [-0.39, 0.29) is 0 Å². The van der Waals surface area contributed by atoms with Crippen LogP contribution in [0.3, 0.4) is 0 Å². The Morgan fingerprint density at radius 3 is 2.90 bits per heavy atom. The zero-order valence-corrected chi connectivity index (χ0v) is 11.9. The third-order valence-corrected chi connectivity index (χ3v) is 4.89. The number of carbonyl (C=O) groups is 1. The third-order valence-electron chi connectivity index (χ3n) is 4.89. The van der Waals surface area contributed by atoms with Gasteiger partial charge in [0.2, 0.25) is 0 Å². The van der Waals surface area contributed by atoms with Crippen LogP contribution in [-0.2, 0) is 0 Å². The summed E-state index contributed by atoms with van der Waals surface area (Å²) in [6.07, 6.45) is 5.56. The Labute approximate surface area is 118 Å². The Morgan fingerprint density at radius 2 is 2.25 bits per heavy atom. The standard InChI is InChI=1S/C16H20N2O2/c1-3-11-4-6-14(10(11)2)18-9-17-13-8-12(16(19)20)5-7-15(13)18/h5,7-11,14H,3-4,6H2,1-2H3,(H,19,20). The van der Waals surface area contributed by atoms with Gasteiger partial charge in [-0.15, -0.1) is 0 Å². The van der Waals surface area contributed by atoms with Gasteiger partial charge in [0, 0.05) is 6.04 Å². The lowest BCUT2D eigenvalue weighted by atomic mass is 9.93. The number of rotatable bonds is 3. The zero-order valence-electron chi connectivity index (χ0n) is 11.9. The van der Waals surface area contributed by atoms with Gasteiger partial charge in [0.05, 0.1) is 22.9 Å². The summed E-state index contributed by atoms with van der Waals surface area (Å²) < 4.78 is 2.24. The molecule has 1 aliphatic carbocycles. The first kappa shape index (κ1) is 13.2. The molecule has 0 bridgehead atoms. The van der Waals surface area contributed by atoms with Crippen molar-refractivity contribution in [2.75, 3.05) is 0 Å². The maximum Gasteiger partial charge on any atom is 0.335 e. The topological polar surface area (TPSA) is 55.1 Å². The summed E-state index contributed by atoms with van der Waals surface area (Å²) in [6, 6.07) is 5.70. The summed E-state index contributed by atoms with van der Waals surface area (Å²) in [6.45, 7) is 4.58. The number of carboxylic acid groups (broad SMARTS) is 1. The van der Waals surface area contributed by atoms with Crippen LogP contribution < -0.4 is 0 Å². The molecule has 1 fully saturated rings. The van der Waals surface area contributed by atoms with Gasteiger partial charge in [0.1, 0.15) is 0 Å². The van der Waals surface area contributed by atoms with E-state index < -0.39 is 5.97 Å². The highest BCUT2D eigenvalue weighted by Crippen LogP contribution is 2.42. The average molecular weight is 272 g/mol. The van der Waals surface area contributed by atoms with E-state index in [1.807, 2.05) is 12.4 Å². The largest absolute Gasteiger partial charge is 0.478 e. The van der Waals surface area contributed by atoms with Crippen LogP contribution in [0, 0.1) is 11.8 Å². The zero-order chi connectivity index (χ0) is 14.3. The smallest absolute Gasteiger partial charge is 0.335 e. The average Bonchev–Trinajstić information content (AvgIpc) is 3.01. The first-order valence-electron chi connectivity index (χ1n) is 7.31. The Morgan fingerprint density at radius 1 is 1.45 bits per heavy atom. The van der Waals surface area contributed by atoms with E-state index in [1.165, 1.54) is 19.3 Å². The number of carboxylic acids is 1. The van der Waals surface area contributed by atoms with Crippen LogP contribution in [0.5, 0.6) is 0 Å². The summed E-state index contributed by atoms with van der Waals surface area (Å²) >= 11 is 0. The number of imidazole rings is 1. The molecule has 1 saturated carbocycles. The maximum absolute atomic E-state index is 11.0. The highest BCUT2D eigenvalue weighted by molar-refractivity contribution is 5.92. The lowest BCUT2D eigenvalue weighted by Gasteiger charge is -2.21. The molecule has 0 amide bonds. The van der Waals surface area contributed by atoms with Crippen molar-refractivity contribution in [3.63, 3.8) is 0 Å². The van der Waals surface area contributed by atoms with E-state index in [4.69, 9.17) is 5.11 Å². The third kappa shape index (κ3) is 1.99. The summed E-state index contributed by atoms with van der Waals surface area (Å²) in [4.78, 5) is 15.4. The van der Waals surface area contributed by atoms with Crippen LogP contribution in [0.1, 0.15) is 49.5 Å². The molecule has 1 heterocycles. The highest BCUT2D eigenvalue weighted by Gasteiger charge is 2.33. The Kier molecular flexibility index (Phi) is 3.24. The first-order valence-corrected chi connectivity index (χ1v) is 7.31. The van der Waals surface area contributed by atoms with Gasteiger partial charge in [-0.05, 0) is 42.9 Å². The normalized spacial score (nSPS) is 26.2. The summed E-state index contributed by atoms with van der Waals surface area (Å²) in [5, 5.41) is 9.04. The van der Waals surface area contributed by atoms with Gasteiger partial charge in [0.15, 0.2) is 0 Å². The van der Waals surface area contributed by atoms with Crippen molar-refractivity contribution in [1.29, 1.82) is 0 Å². The van der Waals surface area contributed by atoms with Gasteiger partial charge in [-0.3, -0.25) is 0 Å². The summed E-state index contributed by atoms with van der Waals surface area (Å²) in [5.74, 6) is 0.536. The van der Waals surface area contributed by atoms with Crippen LogP contribution in [0.4, 0.5) is 0 Å². The van der Waals surface area contributed by atoms with Crippen molar-refractivity contribution in [2.45, 2.75) is 39.2 Å². The molecule has 0 spiro atoms. The Balaban J connectivity index is 1.99. The van der Waals surface area contributed by atoms with Crippen molar-refractivity contribution in [3.8, 4) is 0 Å². The second-order valence-electron chi connectivity index (χ2n) is 5.83. The van der Waals surface area contributed by atoms with Crippen molar-refractivity contribution < 1.29 is 9.90 Å². The molecule has 0 radical (unpaired) electrons. The van der Waals surface area contributed by atoms with Gasteiger partial charge in [-0.25, -0.2) is 9.78 Å². The predicted molar refractivity (Wildman–Crippen MR) is 77.9 cm³/mol.